The molecule has 0 aliphatic rings. The Hall–Kier alpha value is -2.90. The minimum Gasteiger partial charge on any atom is -0.492 e. The second kappa shape index (κ2) is 9.87. The summed E-state index contributed by atoms with van der Waals surface area (Å²) in [5.41, 5.74) is 0.492. The molecule has 0 fully saturated rings. The van der Waals surface area contributed by atoms with E-state index in [1.54, 1.807) is 6.07 Å². The van der Waals surface area contributed by atoms with Crippen molar-refractivity contribution in [2.75, 3.05) is 29.9 Å². The summed E-state index contributed by atoms with van der Waals surface area (Å²) in [5, 5.41) is 15.0. The highest BCUT2D eigenvalue weighted by Gasteiger charge is 2.28. The lowest BCUT2D eigenvalue weighted by Crippen LogP contribution is -2.32. The molecule has 2 rings (SSSR count). The zero-order valence-corrected chi connectivity index (χ0v) is 17.2. The summed E-state index contributed by atoms with van der Waals surface area (Å²) in [4.78, 5) is 21.9. The molecule has 0 radical (unpaired) electrons. The Labute approximate surface area is 166 Å². The molecular weight excluding hydrogens is 358 g/mol. The molecule has 1 heterocycles. The van der Waals surface area contributed by atoms with Gasteiger partial charge in [0.1, 0.15) is 12.1 Å². The van der Waals surface area contributed by atoms with Crippen molar-refractivity contribution in [2.45, 2.75) is 34.6 Å². The molecule has 28 heavy (non-hydrogen) atoms. The number of para-hydroxylation sites is 2. The van der Waals surface area contributed by atoms with Gasteiger partial charge in [0.25, 0.3) is 0 Å². The van der Waals surface area contributed by atoms with E-state index in [1.807, 2.05) is 30.0 Å². The van der Waals surface area contributed by atoms with E-state index in [0.717, 1.165) is 0 Å². The predicted octanol–water partition coefficient (Wildman–Crippen LogP) is 4.65. The number of aromatic nitrogens is 2. The second-order valence-electron chi connectivity index (χ2n) is 7.40. The molecule has 152 valence electrons. The van der Waals surface area contributed by atoms with Gasteiger partial charge in [-0.15, -0.1) is 0 Å². The van der Waals surface area contributed by atoms with E-state index in [4.69, 9.17) is 4.74 Å². The van der Waals surface area contributed by atoms with Gasteiger partial charge in [-0.3, -0.25) is 10.1 Å². The smallest absolute Gasteiger partial charge is 0.353 e. The number of nitrogens with one attached hydrogen (secondary N) is 1. The molecule has 0 spiro atoms. The summed E-state index contributed by atoms with van der Waals surface area (Å²) in [6, 6.07) is 7.30. The minimum absolute atomic E-state index is 0.130. The molecule has 0 aliphatic heterocycles. The molecule has 0 bridgehead atoms. The average molecular weight is 387 g/mol. The largest absolute Gasteiger partial charge is 0.492 e. The lowest BCUT2D eigenvalue weighted by molar-refractivity contribution is -0.383. The molecule has 2 aromatic rings. The van der Waals surface area contributed by atoms with E-state index >= 15 is 0 Å². The highest BCUT2D eigenvalue weighted by Crippen LogP contribution is 2.36. The summed E-state index contributed by atoms with van der Waals surface area (Å²) in [7, 11) is 0. The molecule has 0 amide bonds. The quantitative estimate of drug-likeness (QED) is 0.468. The molecular formula is C20H29N5O3. The number of rotatable bonds is 10. The van der Waals surface area contributed by atoms with Crippen LogP contribution in [0.2, 0.25) is 0 Å². The molecule has 8 heteroatoms. The first-order valence-corrected chi connectivity index (χ1v) is 9.56. The number of ether oxygens (including phenoxy) is 1. The van der Waals surface area contributed by atoms with Crippen LogP contribution in [0, 0.1) is 22.0 Å². The Morgan fingerprint density at radius 3 is 2.36 bits per heavy atom. The van der Waals surface area contributed by atoms with Crippen LogP contribution in [0.5, 0.6) is 5.75 Å². The summed E-state index contributed by atoms with van der Waals surface area (Å²) >= 11 is 0. The van der Waals surface area contributed by atoms with Crippen molar-refractivity contribution in [3.05, 3.63) is 40.7 Å². The maximum Gasteiger partial charge on any atom is 0.353 e. The third-order valence-electron chi connectivity index (χ3n) is 3.90. The molecule has 0 aliphatic carbocycles. The predicted molar refractivity (Wildman–Crippen MR) is 111 cm³/mol. The van der Waals surface area contributed by atoms with Crippen LogP contribution in [0.1, 0.15) is 34.6 Å². The van der Waals surface area contributed by atoms with Crippen LogP contribution in [-0.2, 0) is 0 Å². The topological polar surface area (TPSA) is 93.4 Å². The van der Waals surface area contributed by atoms with Crippen LogP contribution >= 0.6 is 0 Å². The van der Waals surface area contributed by atoms with Gasteiger partial charge in [-0.05, 0) is 30.9 Å². The highest BCUT2D eigenvalue weighted by molar-refractivity contribution is 5.76. The van der Waals surface area contributed by atoms with Crippen LogP contribution in [0.4, 0.5) is 23.0 Å². The Balaban J connectivity index is 2.49. The fraction of sp³-hybridized carbons (Fsp3) is 0.500. The minimum atomic E-state index is -0.422. The van der Waals surface area contributed by atoms with Gasteiger partial charge in [-0.2, -0.15) is 0 Å². The summed E-state index contributed by atoms with van der Waals surface area (Å²) in [6.45, 7) is 12.0. The Morgan fingerprint density at radius 1 is 1.14 bits per heavy atom. The lowest BCUT2D eigenvalue weighted by Gasteiger charge is -2.27. The third-order valence-corrected chi connectivity index (χ3v) is 3.90. The third kappa shape index (κ3) is 5.55. The average Bonchev–Trinajstić information content (AvgIpc) is 2.62. The van der Waals surface area contributed by atoms with E-state index in [9.17, 15) is 10.1 Å². The monoisotopic (exact) mass is 387 g/mol. The molecule has 1 aromatic heterocycles. The zero-order valence-electron chi connectivity index (χ0n) is 17.2. The summed E-state index contributed by atoms with van der Waals surface area (Å²) < 4.78 is 5.61. The van der Waals surface area contributed by atoms with Crippen LogP contribution in [0.15, 0.2) is 30.6 Å². The van der Waals surface area contributed by atoms with Crippen LogP contribution in [0.25, 0.3) is 0 Å². The van der Waals surface area contributed by atoms with Crippen molar-refractivity contribution < 1.29 is 9.66 Å². The van der Waals surface area contributed by atoms with Crippen molar-refractivity contribution in [3.63, 3.8) is 0 Å². The van der Waals surface area contributed by atoms with Gasteiger partial charge in [0, 0.05) is 13.1 Å². The maximum absolute atomic E-state index is 11.9. The number of hydrogen-bond donors (Lipinski definition) is 1. The fourth-order valence-corrected chi connectivity index (χ4v) is 2.97. The maximum atomic E-state index is 11.9. The van der Waals surface area contributed by atoms with Gasteiger partial charge >= 0.3 is 5.69 Å². The van der Waals surface area contributed by atoms with Gasteiger partial charge in [-0.25, -0.2) is 9.97 Å². The van der Waals surface area contributed by atoms with E-state index in [2.05, 4.69) is 43.0 Å². The van der Waals surface area contributed by atoms with Gasteiger partial charge in [-0.1, -0.05) is 39.8 Å². The Kier molecular flexibility index (Phi) is 7.54. The fourth-order valence-electron chi connectivity index (χ4n) is 2.97. The molecule has 0 saturated heterocycles. The van der Waals surface area contributed by atoms with Gasteiger partial charge in [0.15, 0.2) is 0 Å². The van der Waals surface area contributed by atoms with Crippen molar-refractivity contribution in [1.82, 2.24) is 9.97 Å². The van der Waals surface area contributed by atoms with Crippen molar-refractivity contribution in [2.24, 2.45) is 11.8 Å². The highest BCUT2D eigenvalue weighted by atomic mass is 16.6. The first kappa shape index (κ1) is 21.4. The summed E-state index contributed by atoms with van der Waals surface area (Å²) in [6.07, 6.45) is 1.36. The van der Waals surface area contributed by atoms with Crippen molar-refractivity contribution in [3.8, 4) is 5.75 Å². The van der Waals surface area contributed by atoms with E-state index in [1.165, 1.54) is 6.33 Å². The van der Waals surface area contributed by atoms with E-state index < -0.39 is 4.92 Å². The van der Waals surface area contributed by atoms with E-state index in [-0.39, 0.29) is 11.5 Å². The SMILES string of the molecule is CCOc1ccccc1Nc1ncnc(N(CC(C)C)CC(C)C)c1[N+](=O)[O-]. The molecule has 1 N–H and O–H groups in total. The molecule has 1 aromatic carbocycles. The number of hydrogen-bond acceptors (Lipinski definition) is 7. The van der Waals surface area contributed by atoms with Gasteiger partial charge < -0.3 is 15.0 Å². The number of nitrogens with zero attached hydrogens (tertiary/aromatic N) is 4. The van der Waals surface area contributed by atoms with Crippen LogP contribution in [-0.4, -0.2) is 34.6 Å². The molecule has 0 saturated carbocycles. The van der Waals surface area contributed by atoms with Crippen LogP contribution in [0.3, 0.4) is 0 Å². The first-order chi connectivity index (χ1) is 13.3. The normalized spacial score (nSPS) is 11.0. The Bertz CT molecular complexity index is 785. The van der Waals surface area contributed by atoms with Gasteiger partial charge in [0.2, 0.25) is 11.6 Å². The first-order valence-electron chi connectivity index (χ1n) is 9.56. The van der Waals surface area contributed by atoms with Gasteiger partial charge in [0.05, 0.1) is 17.2 Å². The van der Waals surface area contributed by atoms with E-state index in [0.29, 0.717) is 48.8 Å². The Morgan fingerprint density at radius 2 is 1.79 bits per heavy atom. The molecule has 0 unspecified atom stereocenters. The summed E-state index contributed by atoms with van der Waals surface area (Å²) in [5.74, 6) is 1.77. The van der Waals surface area contributed by atoms with Crippen molar-refractivity contribution in [1.29, 1.82) is 0 Å². The van der Waals surface area contributed by atoms with Crippen LogP contribution < -0.4 is 15.0 Å². The zero-order chi connectivity index (χ0) is 20.7. The second-order valence-corrected chi connectivity index (χ2v) is 7.40. The molecule has 8 nitrogen and oxygen atoms in total. The number of benzene rings is 1. The molecule has 0 atom stereocenters. The van der Waals surface area contributed by atoms with Crippen molar-refractivity contribution >= 4 is 23.0 Å². The standard InChI is InChI=1S/C20H29N5O3/c1-6-28-17-10-8-7-9-16(17)23-19-18(25(26)27)20(22-13-21-19)24(11-14(2)3)12-15(4)5/h7-10,13-15H,6,11-12H2,1-5H3,(H,21,22,23). The number of nitro groups is 1. The lowest BCUT2D eigenvalue weighted by atomic mass is 10.1. The number of anilines is 3.